The fraction of sp³-hybridized carbons (Fsp3) is 0.731. The van der Waals surface area contributed by atoms with E-state index in [4.69, 9.17) is 4.74 Å². The van der Waals surface area contributed by atoms with Gasteiger partial charge in [-0.3, -0.25) is 14.4 Å². The molecule has 0 bridgehead atoms. The molecule has 0 aliphatic carbocycles. The van der Waals surface area contributed by atoms with Crippen LogP contribution in [0.2, 0.25) is 0 Å². The molecule has 3 amide bonds. The molecule has 0 aromatic heterocycles. The minimum atomic E-state index is -1.26. The molecule has 4 rings (SSSR count). The van der Waals surface area contributed by atoms with Gasteiger partial charge < -0.3 is 24.5 Å². The first kappa shape index (κ1) is 24.9. The van der Waals surface area contributed by atoms with Crippen molar-refractivity contribution in [2.75, 3.05) is 26.2 Å². The minimum absolute atomic E-state index is 0.00164. The van der Waals surface area contributed by atoms with Gasteiger partial charge in [-0.15, -0.1) is 0 Å². The van der Waals surface area contributed by atoms with Crippen LogP contribution in [-0.2, 0) is 19.1 Å². The van der Waals surface area contributed by atoms with Gasteiger partial charge in [-0.2, -0.15) is 0 Å². The maximum atomic E-state index is 14.1. The number of carbonyl (C=O) groups excluding carboxylic acids is 3. The molecule has 188 valence electrons. The van der Waals surface area contributed by atoms with Crippen LogP contribution in [0.5, 0.6) is 0 Å². The van der Waals surface area contributed by atoms with Crippen LogP contribution < -0.4 is 0 Å². The highest BCUT2D eigenvalue weighted by molar-refractivity contribution is 6.00. The van der Waals surface area contributed by atoms with Crippen LogP contribution >= 0.6 is 0 Å². The highest BCUT2D eigenvalue weighted by atomic mass is 16.5. The first-order valence-electron chi connectivity index (χ1n) is 12.7. The number of likely N-dealkylation sites (tertiary alicyclic amines) is 1. The number of nitrogens with zero attached hydrogens (tertiary/aromatic N) is 3. The Morgan fingerprint density at radius 2 is 1.71 bits per heavy atom. The molecule has 0 radical (unpaired) electrons. The monoisotopic (exact) mass is 473 g/mol. The van der Waals surface area contributed by atoms with Crippen LogP contribution in [-0.4, -0.2) is 93.1 Å². The van der Waals surface area contributed by atoms with Gasteiger partial charge in [0, 0.05) is 25.7 Å². The predicted molar refractivity (Wildman–Crippen MR) is 128 cm³/mol. The Hall–Kier alpha value is -2.19. The van der Waals surface area contributed by atoms with Gasteiger partial charge in [-0.1, -0.05) is 44.6 Å². The summed E-state index contributed by atoms with van der Waals surface area (Å²) in [5.41, 5.74) is -2.26. The molecule has 2 saturated heterocycles. The Kier molecular flexibility index (Phi) is 6.68. The van der Waals surface area contributed by atoms with Gasteiger partial charge in [0.2, 0.25) is 17.7 Å². The number of amides is 3. The smallest absolute Gasteiger partial charge is 0.249 e. The largest absolute Gasteiger partial charge is 0.394 e. The lowest BCUT2D eigenvalue weighted by Crippen LogP contribution is -2.59. The maximum Gasteiger partial charge on any atom is 0.249 e. The normalized spacial score (nSPS) is 36.8. The summed E-state index contributed by atoms with van der Waals surface area (Å²) in [4.78, 5) is 47.1. The summed E-state index contributed by atoms with van der Waals surface area (Å²) in [6.07, 6.45) is 10.2. The molecule has 2 unspecified atom stereocenters. The Labute approximate surface area is 202 Å². The van der Waals surface area contributed by atoms with Crippen molar-refractivity contribution in [1.29, 1.82) is 0 Å². The third-order valence-electron chi connectivity index (χ3n) is 8.08. The van der Waals surface area contributed by atoms with Gasteiger partial charge in [0.05, 0.1) is 30.1 Å². The minimum Gasteiger partial charge on any atom is -0.394 e. The van der Waals surface area contributed by atoms with Gasteiger partial charge in [0.1, 0.15) is 11.6 Å². The number of rotatable bonds is 7. The summed E-state index contributed by atoms with van der Waals surface area (Å²) in [6, 6.07) is -1.49. The van der Waals surface area contributed by atoms with Crippen LogP contribution in [0.25, 0.3) is 0 Å². The van der Waals surface area contributed by atoms with Crippen molar-refractivity contribution in [2.24, 2.45) is 11.8 Å². The number of hydrogen-bond acceptors (Lipinski definition) is 5. The molecule has 2 fully saturated rings. The molecule has 7 atom stereocenters. The topological polar surface area (TPSA) is 90.4 Å². The number of hydrogen-bond donors (Lipinski definition) is 1. The van der Waals surface area contributed by atoms with Crippen molar-refractivity contribution in [2.45, 2.75) is 83.2 Å². The summed E-state index contributed by atoms with van der Waals surface area (Å²) in [6.45, 7) is 11.0. The second-order valence-corrected chi connectivity index (χ2v) is 10.5. The van der Waals surface area contributed by atoms with E-state index >= 15 is 0 Å². The van der Waals surface area contributed by atoms with Gasteiger partial charge in [0.15, 0.2) is 0 Å². The molecular weight excluding hydrogens is 434 g/mol. The molecule has 0 aromatic rings. The first-order valence-corrected chi connectivity index (χ1v) is 12.7. The molecule has 1 spiro atoms. The summed E-state index contributed by atoms with van der Waals surface area (Å²) >= 11 is 0. The molecular formula is C26H39N3O5. The molecule has 8 nitrogen and oxygen atoms in total. The molecule has 4 aliphatic rings. The zero-order valence-electron chi connectivity index (χ0n) is 21.1. The molecule has 1 N–H and O–H groups in total. The zero-order valence-corrected chi connectivity index (χ0v) is 21.1. The van der Waals surface area contributed by atoms with Gasteiger partial charge >= 0.3 is 0 Å². The van der Waals surface area contributed by atoms with Crippen LogP contribution in [0, 0.1) is 11.8 Å². The Morgan fingerprint density at radius 1 is 1.00 bits per heavy atom. The molecule has 4 heterocycles. The third kappa shape index (κ3) is 3.52. The number of carbonyl (C=O) groups is 3. The van der Waals surface area contributed by atoms with E-state index in [1.165, 1.54) is 4.90 Å². The molecule has 8 heteroatoms. The molecule has 4 aliphatic heterocycles. The van der Waals surface area contributed by atoms with Gasteiger partial charge in [0.25, 0.3) is 0 Å². The maximum absolute atomic E-state index is 14.1. The highest BCUT2D eigenvalue weighted by Gasteiger charge is 2.75. The number of aliphatic hydroxyl groups excluding tert-OH is 1. The number of ether oxygens (including phenoxy) is 1. The fourth-order valence-corrected chi connectivity index (χ4v) is 6.53. The van der Waals surface area contributed by atoms with E-state index < -0.39 is 35.1 Å². The van der Waals surface area contributed by atoms with Crippen molar-refractivity contribution < 1.29 is 24.2 Å². The van der Waals surface area contributed by atoms with E-state index in [-0.39, 0.29) is 30.4 Å². The molecule has 34 heavy (non-hydrogen) atoms. The average Bonchev–Trinajstić information content (AvgIpc) is 3.07. The van der Waals surface area contributed by atoms with Crippen LogP contribution in [0.3, 0.4) is 0 Å². The first-order chi connectivity index (χ1) is 16.2. The van der Waals surface area contributed by atoms with Crippen LogP contribution in [0.4, 0.5) is 0 Å². The van der Waals surface area contributed by atoms with Crippen molar-refractivity contribution in [3.8, 4) is 0 Å². The van der Waals surface area contributed by atoms with E-state index in [9.17, 15) is 19.5 Å². The Morgan fingerprint density at radius 3 is 2.35 bits per heavy atom. The van der Waals surface area contributed by atoms with E-state index in [1.54, 1.807) is 11.8 Å². The summed E-state index contributed by atoms with van der Waals surface area (Å²) < 4.78 is 6.77. The van der Waals surface area contributed by atoms with Crippen LogP contribution in [0.15, 0.2) is 24.3 Å². The lowest BCUT2D eigenvalue weighted by Gasteiger charge is -2.40. The predicted octanol–water partition coefficient (Wildman–Crippen LogP) is 1.73. The van der Waals surface area contributed by atoms with E-state index in [1.807, 2.05) is 50.0 Å². The lowest BCUT2D eigenvalue weighted by molar-refractivity contribution is -0.156. The standard InChI is InChI=1S/C26H39N3O5/c1-6-10-17(3)28-15-9-12-26-20(23(32)29(18(4)16-30)21(26)24(28)33)19-22(31)27(13-7-2)14-8-11-25(19,5)34-26/h8-9,11-12,17-21,30H,6-7,10,13-16H2,1-5H3/t17?,18-,19+,20+,21?,25-,26+/m1/s1. The summed E-state index contributed by atoms with van der Waals surface area (Å²) in [5, 5.41) is 10.0. The second kappa shape index (κ2) is 9.11. The van der Waals surface area contributed by atoms with Crippen molar-refractivity contribution in [1.82, 2.24) is 14.7 Å². The molecule has 0 aromatic carbocycles. The van der Waals surface area contributed by atoms with E-state index in [0.29, 0.717) is 19.6 Å². The van der Waals surface area contributed by atoms with Crippen molar-refractivity contribution in [3.63, 3.8) is 0 Å². The Balaban J connectivity index is 1.86. The highest BCUT2D eigenvalue weighted by Crippen LogP contribution is 2.57. The third-order valence-corrected chi connectivity index (χ3v) is 8.08. The lowest BCUT2D eigenvalue weighted by atomic mass is 9.74. The van der Waals surface area contributed by atoms with Crippen molar-refractivity contribution >= 4 is 17.7 Å². The number of fused-ring (bicyclic) bond motifs is 2. The zero-order chi connectivity index (χ0) is 24.8. The van der Waals surface area contributed by atoms with Gasteiger partial charge in [-0.25, -0.2) is 0 Å². The Bertz CT molecular complexity index is 903. The summed E-state index contributed by atoms with van der Waals surface area (Å²) in [7, 11) is 0. The van der Waals surface area contributed by atoms with E-state index in [0.717, 1.165) is 19.3 Å². The second-order valence-electron chi connectivity index (χ2n) is 10.5. The van der Waals surface area contributed by atoms with Crippen LogP contribution in [0.1, 0.15) is 53.9 Å². The van der Waals surface area contributed by atoms with Gasteiger partial charge in [-0.05, 0) is 33.6 Å². The van der Waals surface area contributed by atoms with Crippen molar-refractivity contribution in [3.05, 3.63) is 24.3 Å². The molecule has 0 saturated carbocycles. The summed E-state index contributed by atoms with van der Waals surface area (Å²) in [5.74, 6) is -2.14. The van der Waals surface area contributed by atoms with E-state index in [2.05, 4.69) is 6.92 Å². The fourth-order valence-electron chi connectivity index (χ4n) is 6.53. The SMILES string of the molecule is CCCC(C)N1CC=C[C@]23O[C@]4(C)C=CCN(CCC)C(=O)[C@@H]4[C@H]2C(=O)N([C@H](C)CO)C3C1=O. The number of aliphatic hydroxyl groups is 1. The average molecular weight is 474 g/mol. The quantitative estimate of drug-likeness (QED) is 0.569.